The molecule has 0 bridgehead atoms. The molecule has 3 nitrogen and oxygen atoms in total. The summed E-state index contributed by atoms with van der Waals surface area (Å²) in [4.78, 5) is 0. The summed E-state index contributed by atoms with van der Waals surface area (Å²) in [5, 5.41) is 0. The first kappa shape index (κ1) is 47.8. The molecule has 9 aromatic rings. The van der Waals surface area contributed by atoms with Gasteiger partial charge in [0.25, 0.3) is 0 Å². The normalized spacial score (nSPS) is 10.9. The zero-order valence-electron chi connectivity index (χ0n) is 41.2. The van der Waals surface area contributed by atoms with Crippen LogP contribution in [-0.4, -0.2) is 0 Å². The number of hydrogen-bond donors (Lipinski definition) is 0. The van der Waals surface area contributed by atoms with Gasteiger partial charge in [-0.25, -0.2) is 0 Å². The molecule has 3 heteroatoms. The third-order valence-corrected chi connectivity index (χ3v) is 13.0. The molecule has 0 spiro atoms. The molecule has 0 amide bonds. The Balaban J connectivity index is 0.868. The Bertz CT molecular complexity index is 3340. The summed E-state index contributed by atoms with van der Waals surface area (Å²) in [6, 6.07) is 56.8. The van der Waals surface area contributed by atoms with E-state index in [9.17, 15) is 0 Å². The highest BCUT2D eigenvalue weighted by atomic mass is 16.3. The highest BCUT2D eigenvalue weighted by Crippen LogP contribution is 2.37. The van der Waals surface area contributed by atoms with E-state index in [-0.39, 0.29) is 0 Å². The van der Waals surface area contributed by atoms with E-state index in [4.69, 9.17) is 13.3 Å². The largest absolute Gasteiger partial charge is 0.456 e. The minimum absolute atomic E-state index is 0.854. The molecule has 0 saturated heterocycles. The third-order valence-electron chi connectivity index (χ3n) is 13.0. The average Bonchev–Trinajstić information content (AvgIpc) is 4.19. The molecule has 0 saturated carbocycles. The van der Waals surface area contributed by atoms with E-state index in [2.05, 4.69) is 221 Å². The van der Waals surface area contributed by atoms with Gasteiger partial charge < -0.3 is 13.3 Å². The van der Waals surface area contributed by atoms with Gasteiger partial charge >= 0.3 is 0 Å². The lowest BCUT2D eigenvalue weighted by Crippen LogP contribution is -1.86. The number of aryl methyl sites for hydroxylation is 3. The Morgan fingerprint density at radius 3 is 0.817 bits per heavy atom. The number of unbranched alkanes of at least 4 members (excludes halogenated alkanes) is 3. The topological polar surface area (TPSA) is 39.4 Å². The second-order valence-electron chi connectivity index (χ2n) is 18.2. The molecular formula is C68H60O3. The third kappa shape index (κ3) is 11.6. The molecule has 0 aliphatic rings. The standard InChI is InChI=1S/C68H60O3/c1-6-11-14-60-45-63(54-33-21-48(9-4)22-34-54)69-66(60)57-39-27-51(28-40-57)18-17-50-25-37-56(38-26-50)65-47-62(16-13-8-3)68(71-65)59-43-31-53(32-44-59)20-19-52-29-41-58(42-30-52)67-61(15-12-7-2)46-64(70-67)55-35-23-49(10-5)24-36-55/h9-10,21-47H,4-8,11-16H2,1-3H3. The summed E-state index contributed by atoms with van der Waals surface area (Å²) >= 11 is 0. The Kier molecular flexibility index (Phi) is 15.4. The fourth-order valence-electron chi connectivity index (χ4n) is 8.79. The quantitative estimate of drug-likeness (QED) is 0.0854. The summed E-state index contributed by atoms with van der Waals surface area (Å²) in [7, 11) is 0. The van der Waals surface area contributed by atoms with Crippen molar-refractivity contribution in [2.75, 3.05) is 0 Å². The van der Waals surface area contributed by atoms with Crippen LogP contribution in [0.15, 0.2) is 190 Å². The van der Waals surface area contributed by atoms with Crippen LogP contribution in [0.25, 0.3) is 80.1 Å². The number of rotatable bonds is 17. The van der Waals surface area contributed by atoms with Crippen molar-refractivity contribution in [3.8, 4) is 91.6 Å². The second kappa shape index (κ2) is 22.9. The van der Waals surface area contributed by atoms with Gasteiger partial charge in [0.2, 0.25) is 0 Å². The van der Waals surface area contributed by atoms with Crippen molar-refractivity contribution in [3.63, 3.8) is 0 Å². The lowest BCUT2D eigenvalue weighted by molar-refractivity contribution is 0.592. The van der Waals surface area contributed by atoms with E-state index in [1.807, 2.05) is 12.2 Å². The first-order chi connectivity index (χ1) is 34.9. The van der Waals surface area contributed by atoms with Crippen LogP contribution < -0.4 is 0 Å². The molecule has 350 valence electrons. The van der Waals surface area contributed by atoms with E-state index in [1.54, 1.807) is 0 Å². The van der Waals surface area contributed by atoms with Crippen LogP contribution in [0.1, 0.15) is 109 Å². The molecule has 0 radical (unpaired) electrons. The Morgan fingerprint density at radius 2 is 0.577 bits per heavy atom. The molecule has 3 aromatic heterocycles. The molecule has 71 heavy (non-hydrogen) atoms. The lowest BCUT2D eigenvalue weighted by atomic mass is 10.0. The van der Waals surface area contributed by atoms with Gasteiger partial charge in [-0.1, -0.05) is 150 Å². The predicted octanol–water partition coefficient (Wildman–Crippen LogP) is 18.6. The fraction of sp³-hybridized carbons (Fsp3) is 0.176. The van der Waals surface area contributed by atoms with Gasteiger partial charge in [-0.2, -0.15) is 0 Å². The van der Waals surface area contributed by atoms with Crippen LogP contribution >= 0.6 is 0 Å². The summed E-state index contributed by atoms with van der Waals surface area (Å²) in [6.07, 6.45) is 13.3. The summed E-state index contributed by atoms with van der Waals surface area (Å²) < 4.78 is 19.7. The second-order valence-corrected chi connectivity index (χ2v) is 18.2. The molecule has 3 heterocycles. The fourth-order valence-corrected chi connectivity index (χ4v) is 8.79. The van der Waals surface area contributed by atoms with Crippen LogP contribution in [-0.2, 0) is 19.3 Å². The predicted molar refractivity (Wildman–Crippen MR) is 297 cm³/mol. The van der Waals surface area contributed by atoms with Crippen molar-refractivity contribution in [1.82, 2.24) is 0 Å². The van der Waals surface area contributed by atoms with Gasteiger partial charge in [0, 0.05) is 55.6 Å². The van der Waals surface area contributed by atoms with E-state index in [0.717, 1.165) is 159 Å². The van der Waals surface area contributed by atoms with Gasteiger partial charge in [0.05, 0.1) is 0 Å². The van der Waals surface area contributed by atoms with Crippen LogP contribution in [0, 0.1) is 23.7 Å². The van der Waals surface area contributed by atoms with Crippen LogP contribution in [0.2, 0.25) is 0 Å². The molecule has 0 aliphatic heterocycles. The minimum atomic E-state index is 0.854. The maximum absolute atomic E-state index is 6.65. The van der Waals surface area contributed by atoms with Gasteiger partial charge in [-0.05, 0) is 169 Å². The van der Waals surface area contributed by atoms with E-state index >= 15 is 0 Å². The molecule has 0 aliphatic carbocycles. The van der Waals surface area contributed by atoms with E-state index in [0.29, 0.717) is 0 Å². The van der Waals surface area contributed by atoms with Crippen molar-refractivity contribution in [1.29, 1.82) is 0 Å². The maximum atomic E-state index is 6.65. The van der Waals surface area contributed by atoms with Crippen LogP contribution in [0.5, 0.6) is 0 Å². The van der Waals surface area contributed by atoms with Crippen molar-refractivity contribution >= 4 is 12.2 Å². The molecule has 9 rings (SSSR count). The monoisotopic (exact) mass is 924 g/mol. The highest BCUT2D eigenvalue weighted by Gasteiger charge is 2.18. The highest BCUT2D eigenvalue weighted by molar-refractivity contribution is 5.73. The summed E-state index contributed by atoms with van der Waals surface area (Å²) in [5.74, 6) is 18.9. The Labute approximate surface area is 420 Å². The average molecular weight is 925 g/mol. The molecule has 0 atom stereocenters. The first-order valence-electron chi connectivity index (χ1n) is 25.2. The van der Waals surface area contributed by atoms with E-state index < -0.39 is 0 Å². The van der Waals surface area contributed by atoms with E-state index in [1.165, 1.54) is 16.7 Å². The van der Waals surface area contributed by atoms with Crippen LogP contribution in [0.3, 0.4) is 0 Å². The number of benzene rings is 6. The van der Waals surface area contributed by atoms with Crippen molar-refractivity contribution in [2.45, 2.75) is 78.6 Å². The van der Waals surface area contributed by atoms with Crippen molar-refractivity contribution < 1.29 is 13.3 Å². The molecule has 0 unspecified atom stereocenters. The summed E-state index contributed by atoms with van der Waals surface area (Å²) in [6.45, 7) is 14.4. The van der Waals surface area contributed by atoms with Gasteiger partial charge in [0.1, 0.15) is 34.6 Å². The first-order valence-corrected chi connectivity index (χ1v) is 25.2. The Hall–Kier alpha value is -8.24. The lowest BCUT2D eigenvalue weighted by Gasteiger charge is -2.03. The van der Waals surface area contributed by atoms with Gasteiger partial charge in [-0.15, -0.1) is 0 Å². The molecule has 0 fully saturated rings. The Morgan fingerprint density at radius 1 is 0.338 bits per heavy atom. The smallest absolute Gasteiger partial charge is 0.137 e. The summed E-state index contributed by atoms with van der Waals surface area (Å²) in [5.41, 5.74) is 16.0. The van der Waals surface area contributed by atoms with Gasteiger partial charge in [-0.3, -0.25) is 0 Å². The molecule has 6 aromatic carbocycles. The zero-order chi connectivity index (χ0) is 48.9. The molecule has 0 N–H and O–H groups in total. The number of hydrogen-bond acceptors (Lipinski definition) is 3. The van der Waals surface area contributed by atoms with Crippen molar-refractivity contribution in [3.05, 3.63) is 227 Å². The minimum Gasteiger partial charge on any atom is -0.456 e. The maximum Gasteiger partial charge on any atom is 0.137 e. The zero-order valence-corrected chi connectivity index (χ0v) is 41.2. The van der Waals surface area contributed by atoms with Gasteiger partial charge in [0.15, 0.2) is 0 Å². The molecular weight excluding hydrogens is 865 g/mol. The number of furan rings is 3. The SMILES string of the molecule is C=Cc1ccc(-c2cc(CCCC)c(-c3ccc(C#Cc4ccc(-c5cc(CCCC)c(-c6ccc(C#Cc7ccc(-c8oc(-c9ccc(C=C)cc9)cc8CCCC)cc7)cc6)o5)cc4)cc3)o2)cc1. The van der Waals surface area contributed by atoms with Crippen LogP contribution in [0.4, 0.5) is 0 Å². The van der Waals surface area contributed by atoms with Crippen molar-refractivity contribution in [2.24, 2.45) is 0 Å².